The van der Waals surface area contributed by atoms with E-state index in [0.717, 1.165) is 28.2 Å². The highest BCUT2D eigenvalue weighted by molar-refractivity contribution is 5.46. The lowest BCUT2D eigenvalue weighted by atomic mass is 9.96. The van der Waals surface area contributed by atoms with Crippen molar-refractivity contribution in [3.63, 3.8) is 0 Å². The summed E-state index contributed by atoms with van der Waals surface area (Å²) in [5, 5.41) is 0. The van der Waals surface area contributed by atoms with Crippen LogP contribution in [0.15, 0.2) is 36.4 Å². The second-order valence-electron chi connectivity index (χ2n) is 4.95. The van der Waals surface area contributed by atoms with Gasteiger partial charge in [0.1, 0.15) is 11.5 Å². The third-order valence-corrected chi connectivity index (χ3v) is 3.50. The molecule has 3 nitrogen and oxygen atoms in total. The number of nitrogens with two attached hydrogens (primary N) is 1. The van der Waals surface area contributed by atoms with Crippen molar-refractivity contribution in [2.75, 3.05) is 14.2 Å². The van der Waals surface area contributed by atoms with Gasteiger partial charge >= 0.3 is 0 Å². The predicted molar refractivity (Wildman–Crippen MR) is 81.5 cm³/mol. The smallest absolute Gasteiger partial charge is 0.123 e. The van der Waals surface area contributed by atoms with Crippen molar-refractivity contribution < 1.29 is 9.47 Å². The number of ether oxygens (including phenoxy) is 2. The molecule has 2 aromatic carbocycles. The molecule has 0 fully saturated rings. The van der Waals surface area contributed by atoms with Gasteiger partial charge in [0.15, 0.2) is 0 Å². The van der Waals surface area contributed by atoms with Gasteiger partial charge in [-0.25, -0.2) is 0 Å². The third-order valence-electron chi connectivity index (χ3n) is 3.50. The minimum atomic E-state index is -0.213. The molecule has 0 aliphatic carbocycles. The number of hydrogen-bond acceptors (Lipinski definition) is 3. The molecule has 0 heterocycles. The molecule has 1 atom stereocenters. The summed E-state index contributed by atoms with van der Waals surface area (Å²) in [5.41, 5.74) is 10.7. The van der Waals surface area contributed by atoms with Crippen LogP contribution >= 0.6 is 0 Å². The molecule has 2 rings (SSSR count). The first-order chi connectivity index (χ1) is 9.56. The Balaban J connectivity index is 2.43. The van der Waals surface area contributed by atoms with Crippen molar-refractivity contribution in [1.82, 2.24) is 0 Å². The Labute approximate surface area is 120 Å². The van der Waals surface area contributed by atoms with Crippen molar-refractivity contribution in [3.8, 4) is 11.5 Å². The van der Waals surface area contributed by atoms with Crippen LogP contribution in [0.5, 0.6) is 11.5 Å². The van der Waals surface area contributed by atoms with Gasteiger partial charge in [0, 0.05) is 5.56 Å². The zero-order valence-electron chi connectivity index (χ0n) is 12.4. The average molecular weight is 271 g/mol. The Morgan fingerprint density at radius 3 is 2.15 bits per heavy atom. The van der Waals surface area contributed by atoms with Crippen LogP contribution in [-0.4, -0.2) is 14.2 Å². The molecule has 0 saturated heterocycles. The van der Waals surface area contributed by atoms with E-state index in [0.29, 0.717) is 0 Å². The molecule has 20 heavy (non-hydrogen) atoms. The number of hydrogen-bond donors (Lipinski definition) is 1. The summed E-state index contributed by atoms with van der Waals surface area (Å²) >= 11 is 0. The Morgan fingerprint density at radius 2 is 1.55 bits per heavy atom. The molecule has 106 valence electrons. The number of aryl methyl sites for hydroxylation is 2. The summed E-state index contributed by atoms with van der Waals surface area (Å²) in [5.74, 6) is 1.69. The minimum Gasteiger partial charge on any atom is -0.496 e. The molecule has 1 unspecified atom stereocenters. The summed E-state index contributed by atoms with van der Waals surface area (Å²) in [6, 6.07) is 11.9. The Morgan fingerprint density at radius 1 is 0.900 bits per heavy atom. The molecule has 0 spiro atoms. The molecule has 0 bridgehead atoms. The summed E-state index contributed by atoms with van der Waals surface area (Å²) in [4.78, 5) is 0. The molecular formula is C17H21NO2. The normalized spacial score (nSPS) is 12.1. The lowest BCUT2D eigenvalue weighted by Crippen LogP contribution is -2.13. The second-order valence-corrected chi connectivity index (χ2v) is 4.95. The number of rotatable bonds is 4. The lowest BCUT2D eigenvalue weighted by molar-refractivity contribution is 0.407. The third kappa shape index (κ3) is 2.78. The van der Waals surface area contributed by atoms with Gasteiger partial charge in [0.05, 0.1) is 20.3 Å². The van der Waals surface area contributed by atoms with Crippen molar-refractivity contribution >= 4 is 0 Å². The maximum Gasteiger partial charge on any atom is 0.123 e. The van der Waals surface area contributed by atoms with E-state index in [-0.39, 0.29) is 6.04 Å². The topological polar surface area (TPSA) is 44.5 Å². The van der Waals surface area contributed by atoms with E-state index in [4.69, 9.17) is 15.2 Å². The zero-order valence-corrected chi connectivity index (χ0v) is 12.4. The summed E-state index contributed by atoms with van der Waals surface area (Å²) in [6.07, 6.45) is 0. The molecule has 3 heteroatoms. The summed E-state index contributed by atoms with van der Waals surface area (Å²) < 4.78 is 10.7. The fraction of sp³-hybridized carbons (Fsp3) is 0.294. The first-order valence-corrected chi connectivity index (χ1v) is 6.61. The molecule has 0 saturated carbocycles. The van der Waals surface area contributed by atoms with Gasteiger partial charge in [-0.15, -0.1) is 0 Å². The number of benzene rings is 2. The van der Waals surface area contributed by atoms with Crippen molar-refractivity contribution in [2.45, 2.75) is 19.9 Å². The fourth-order valence-corrected chi connectivity index (χ4v) is 2.37. The van der Waals surface area contributed by atoms with Crippen LogP contribution in [0, 0.1) is 13.8 Å². The predicted octanol–water partition coefficient (Wildman–Crippen LogP) is 3.37. The molecule has 2 aromatic rings. The van der Waals surface area contributed by atoms with E-state index in [1.54, 1.807) is 14.2 Å². The molecule has 2 N–H and O–H groups in total. The van der Waals surface area contributed by atoms with E-state index in [2.05, 4.69) is 19.1 Å². The molecule has 0 amide bonds. The second kappa shape index (κ2) is 5.97. The molecule has 0 aliphatic heterocycles. The van der Waals surface area contributed by atoms with E-state index >= 15 is 0 Å². The van der Waals surface area contributed by atoms with Crippen molar-refractivity contribution in [2.24, 2.45) is 5.73 Å². The van der Waals surface area contributed by atoms with Crippen molar-refractivity contribution in [3.05, 3.63) is 58.7 Å². The largest absolute Gasteiger partial charge is 0.496 e. The van der Waals surface area contributed by atoms with E-state index in [9.17, 15) is 0 Å². The monoisotopic (exact) mass is 271 g/mol. The summed E-state index contributed by atoms with van der Waals surface area (Å²) in [7, 11) is 3.34. The van der Waals surface area contributed by atoms with Gasteiger partial charge < -0.3 is 15.2 Å². The first kappa shape index (κ1) is 14.4. The Hall–Kier alpha value is -2.00. The lowest BCUT2D eigenvalue weighted by Gasteiger charge is -2.18. The standard InChI is InChI=1S/C17H21NO2/c1-11-5-7-16(20-4)14(9-11)17(18)13-6-8-15(19-3)12(2)10-13/h5-10,17H,18H2,1-4H3. The highest BCUT2D eigenvalue weighted by Gasteiger charge is 2.15. The van der Waals surface area contributed by atoms with Crippen LogP contribution in [0.25, 0.3) is 0 Å². The maximum absolute atomic E-state index is 6.40. The van der Waals surface area contributed by atoms with Crippen molar-refractivity contribution in [1.29, 1.82) is 0 Å². The van der Waals surface area contributed by atoms with Gasteiger partial charge in [-0.3, -0.25) is 0 Å². The van der Waals surface area contributed by atoms with Gasteiger partial charge in [0.25, 0.3) is 0 Å². The maximum atomic E-state index is 6.40. The van der Waals surface area contributed by atoms with Crippen LogP contribution in [0.2, 0.25) is 0 Å². The van der Waals surface area contributed by atoms with E-state index < -0.39 is 0 Å². The van der Waals surface area contributed by atoms with Crippen LogP contribution < -0.4 is 15.2 Å². The van der Waals surface area contributed by atoms with Gasteiger partial charge in [-0.1, -0.05) is 29.8 Å². The Kier molecular flexibility index (Phi) is 4.30. The van der Waals surface area contributed by atoms with Gasteiger partial charge in [-0.05, 0) is 37.1 Å². The van der Waals surface area contributed by atoms with Crippen LogP contribution in [0.3, 0.4) is 0 Å². The quantitative estimate of drug-likeness (QED) is 0.927. The highest BCUT2D eigenvalue weighted by atomic mass is 16.5. The molecule has 0 radical (unpaired) electrons. The molecule has 0 aromatic heterocycles. The van der Waals surface area contributed by atoms with Crippen LogP contribution in [0.1, 0.15) is 28.3 Å². The Bertz CT molecular complexity index is 608. The SMILES string of the molecule is COc1ccc(C(N)c2cc(C)ccc2OC)cc1C. The molecule has 0 aliphatic rings. The highest BCUT2D eigenvalue weighted by Crippen LogP contribution is 2.31. The van der Waals surface area contributed by atoms with E-state index in [1.165, 1.54) is 5.56 Å². The molecular weight excluding hydrogens is 250 g/mol. The average Bonchev–Trinajstić information content (AvgIpc) is 2.46. The first-order valence-electron chi connectivity index (χ1n) is 6.61. The fourth-order valence-electron chi connectivity index (χ4n) is 2.37. The van der Waals surface area contributed by atoms with Gasteiger partial charge in [-0.2, -0.15) is 0 Å². The minimum absolute atomic E-state index is 0.213. The van der Waals surface area contributed by atoms with Gasteiger partial charge in [0.2, 0.25) is 0 Å². The van der Waals surface area contributed by atoms with E-state index in [1.807, 2.05) is 31.2 Å². The van der Waals surface area contributed by atoms with Crippen LogP contribution in [-0.2, 0) is 0 Å². The van der Waals surface area contributed by atoms with Crippen LogP contribution in [0.4, 0.5) is 0 Å². The number of methoxy groups -OCH3 is 2. The summed E-state index contributed by atoms with van der Waals surface area (Å²) in [6.45, 7) is 4.07. The zero-order chi connectivity index (χ0) is 14.7.